The fraction of sp³-hybridized carbons (Fsp3) is 0.222. The van der Waals surface area contributed by atoms with Crippen molar-refractivity contribution < 1.29 is 23.4 Å². The molecule has 11 heteroatoms. The SMILES string of the molecule is CCOc1cc(C)c(-c2nc3ccccc3c(=O)n2N=Cc2cc(OC)c(OCC(=O)Nc3cccc(F)c3)cc2Br)cc1C(C)C. The number of amides is 1. The molecule has 0 fully saturated rings. The van der Waals surface area contributed by atoms with Gasteiger partial charge in [0.2, 0.25) is 0 Å². The zero-order valence-corrected chi connectivity index (χ0v) is 28.2. The van der Waals surface area contributed by atoms with Crippen LogP contribution in [0.15, 0.2) is 87.2 Å². The molecule has 0 spiro atoms. The van der Waals surface area contributed by atoms with Gasteiger partial charge in [0.05, 0.1) is 30.8 Å². The predicted octanol–water partition coefficient (Wildman–Crippen LogP) is 7.70. The number of nitrogens with zero attached hydrogens (tertiary/aromatic N) is 3. The summed E-state index contributed by atoms with van der Waals surface area (Å²) in [4.78, 5) is 31.2. The average molecular weight is 702 g/mol. The number of carbonyl (C=O) groups is 1. The maximum absolute atomic E-state index is 13.9. The Hall–Kier alpha value is -5.03. The quantitative estimate of drug-likeness (QED) is 0.142. The van der Waals surface area contributed by atoms with E-state index in [1.54, 1.807) is 36.4 Å². The highest BCUT2D eigenvalue weighted by Crippen LogP contribution is 2.35. The van der Waals surface area contributed by atoms with Crippen LogP contribution in [-0.4, -0.2) is 42.1 Å². The number of anilines is 1. The van der Waals surface area contributed by atoms with Crippen molar-refractivity contribution in [2.24, 2.45) is 5.10 Å². The minimum absolute atomic E-state index is 0.164. The standard InChI is InChI=1S/C36H34BrFN4O5/c1-6-46-31-14-22(4)28(17-27(31)21(2)3)35-41-30-13-8-7-12-26(30)36(44)42(35)39-19-23-15-32(45-5)33(18-29(23)37)47-20-34(43)40-25-11-9-10-24(38)16-25/h7-19,21H,6,20H2,1-5H3,(H,40,43). The Labute approximate surface area is 280 Å². The highest BCUT2D eigenvalue weighted by Gasteiger charge is 2.19. The van der Waals surface area contributed by atoms with Gasteiger partial charge in [-0.3, -0.25) is 9.59 Å². The first-order valence-electron chi connectivity index (χ1n) is 15.0. The summed E-state index contributed by atoms with van der Waals surface area (Å²) in [6, 6.07) is 20.0. The van der Waals surface area contributed by atoms with Gasteiger partial charge in [-0.05, 0) is 101 Å². The predicted molar refractivity (Wildman–Crippen MR) is 186 cm³/mol. The second-order valence-corrected chi connectivity index (χ2v) is 11.8. The summed E-state index contributed by atoms with van der Waals surface area (Å²) in [6.45, 7) is 8.27. The van der Waals surface area contributed by atoms with Gasteiger partial charge in [0.15, 0.2) is 23.9 Å². The summed E-state index contributed by atoms with van der Waals surface area (Å²) in [5.41, 5.74) is 3.77. The topological polar surface area (TPSA) is 104 Å². The molecule has 4 aromatic carbocycles. The molecule has 5 rings (SSSR count). The zero-order chi connectivity index (χ0) is 33.7. The van der Waals surface area contributed by atoms with Crippen LogP contribution in [0.1, 0.15) is 43.4 Å². The van der Waals surface area contributed by atoms with Gasteiger partial charge in [-0.25, -0.2) is 9.37 Å². The van der Waals surface area contributed by atoms with Crippen molar-refractivity contribution in [3.63, 3.8) is 0 Å². The number of aromatic nitrogens is 2. The van der Waals surface area contributed by atoms with Crippen LogP contribution in [0.25, 0.3) is 22.3 Å². The van der Waals surface area contributed by atoms with E-state index in [4.69, 9.17) is 19.2 Å². The Bertz CT molecular complexity index is 2040. The minimum atomic E-state index is -0.472. The molecule has 0 aliphatic heterocycles. The van der Waals surface area contributed by atoms with E-state index in [0.29, 0.717) is 50.6 Å². The van der Waals surface area contributed by atoms with E-state index in [-0.39, 0.29) is 18.1 Å². The molecule has 0 saturated carbocycles. The molecule has 0 saturated heterocycles. The van der Waals surface area contributed by atoms with Crippen LogP contribution in [0.5, 0.6) is 17.2 Å². The number of halogens is 2. The van der Waals surface area contributed by atoms with Gasteiger partial charge in [0.1, 0.15) is 11.6 Å². The molecule has 1 N–H and O–H groups in total. The lowest BCUT2D eigenvalue weighted by atomic mass is 9.96. The van der Waals surface area contributed by atoms with Crippen molar-refractivity contribution in [3.05, 3.63) is 110 Å². The summed E-state index contributed by atoms with van der Waals surface area (Å²) >= 11 is 3.55. The molecular weight excluding hydrogens is 667 g/mol. The molecule has 9 nitrogen and oxygen atoms in total. The summed E-state index contributed by atoms with van der Waals surface area (Å²) in [5, 5.41) is 7.66. The van der Waals surface area contributed by atoms with Crippen LogP contribution in [-0.2, 0) is 4.79 Å². The number of aryl methyl sites for hydroxylation is 1. The lowest BCUT2D eigenvalue weighted by molar-refractivity contribution is -0.118. The number of rotatable bonds is 11. The first-order chi connectivity index (χ1) is 22.6. The van der Waals surface area contributed by atoms with E-state index in [2.05, 4.69) is 40.2 Å². The number of ether oxygens (including phenoxy) is 3. The van der Waals surface area contributed by atoms with Gasteiger partial charge in [0, 0.05) is 21.3 Å². The first-order valence-corrected chi connectivity index (χ1v) is 15.8. The molecule has 47 heavy (non-hydrogen) atoms. The van der Waals surface area contributed by atoms with Gasteiger partial charge >= 0.3 is 0 Å². The Kier molecular flexibility index (Phi) is 10.4. The molecule has 0 aliphatic rings. The second kappa shape index (κ2) is 14.6. The Morgan fingerprint density at radius 3 is 2.55 bits per heavy atom. The van der Waals surface area contributed by atoms with Crippen molar-refractivity contribution in [2.75, 3.05) is 25.6 Å². The van der Waals surface area contributed by atoms with Gasteiger partial charge in [0.25, 0.3) is 11.5 Å². The number of fused-ring (bicyclic) bond motifs is 1. The fourth-order valence-corrected chi connectivity index (χ4v) is 5.45. The average Bonchev–Trinajstić information content (AvgIpc) is 3.04. The molecule has 242 valence electrons. The molecule has 0 bridgehead atoms. The lowest BCUT2D eigenvalue weighted by Crippen LogP contribution is -2.21. The number of carbonyl (C=O) groups excluding carboxylic acids is 1. The van der Waals surface area contributed by atoms with Crippen LogP contribution in [0.3, 0.4) is 0 Å². The van der Waals surface area contributed by atoms with Crippen molar-refractivity contribution in [1.82, 2.24) is 9.66 Å². The van der Waals surface area contributed by atoms with Crippen LogP contribution in [0.2, 0.25) is 0 Å². The third-order valence-corrected chi connectivity index (χ3v) is 8.02. The number of benzene rings is 4. The van der Waals surface area contributed by atoms with Gasteiger partial charge in [-0.15, -0.1) is 0 Å². The van der Waals surface area contributed by atoms with E-state index >= 15 is 0 Å². The van der Waals surface area contributed by atoms with Crippen molar-refractivity contribution >= 4 is 44.6 Å². The molecule has 0 radical (unpaired) electrons. The molecule has 1 amide bonds. The van der Waals surface area contributed by atoms with E-state index < -0.39 is 11.7 Å². The largest absolute Gasteiger partial charge is 0.494 e. The zero-order valence-electron chi connectivity index (χ0n) is 26.6. The number of hydrogen-bond donors (Lipinski definition) is 1. The molecular formula is C36H34BrFN4O5. The van der Waals surface area contributed by atoms with E-state index in [1.165, 1.54) is 36.2 Å². The Morgan fingerprint density at radius 1 is 1.04 bits per heavy atom. The summed E-state index contributed by atoms with van der Waals surface area (Å²) in [5.74, 6) is 1.04. The third-order valence-electron chi connectivity index (χ3n) is 7.34. The van der Waals surface area contributed by atoms with Crippen LogP contribution in [0, 0.1) is 12.7 Å². The Balaban J connectivity index is 1.51. The summed E-state index contributed by atoms with van der Waals surface area (Å²) in [6.07, 6.45) is 1.53. The number of hydrogen-bond acceptors (Lipinski definition) is 7. The first kappa shape index (κ1) is 33.3. The summed E-state index contributed by atoms with van der Waals surface area (Å²) < 4.78 is 32.5. The minimum Gasteiger partial charge on any atom is -0.494 e. The van der Waals surface area contributed by atoms with Crippen molar-refractivity contribution in [2.45, 2.75) is 33.6 Å². The van der Waals surface area contributed by atoms with Gasteiger partial charge < -0.3 is 19.5 Å². The number of methoxy groups -OCH3 is 1. The Morgan fingerprint density at radius 2 is 1.83 bits per heavy atom. The maximum atomic E-state index is 13.9. The molecule has 5 aromatic rings. The van der Waals surface area contributed by atoms with Crippen LogP contribution in [0.4, 0.5) is 10.1 Å². The smallest absolute Gasteiger partial charge is 0.282 e. The van der Waals surface area contributed by atoms with Gasteiger partial charge in [-0.1, -0.05) is 32.0 Å². The van der Waals surface area contributed by atoms with E-state index in [0.717, 1.165) is 22.4 Å². The molecule has 0 aliphatic carbocycles. The molecule has 1 heterocycles. The van der Waals surface area contributed by atoms with Gasteiger partial charge in [-0.2, -0.15) is 9.78 Å². The maximum Gasteiger partial charge on any atom is 0.282 e. The molecule has 0 unspecified atom stereocenters. The van der Waals surface area contributed by atoms with Crippen molar-refractivity contribution in [3.8, 4) is 28.6 Å². The highest BCUT2D eigenvalue weighted by molar-refractivity contribution is 9.10. The highest BCUT2D eigenvalue weighted by atomic mass is 79.9. The van der Waals surface area contributed by atoms with Crippen molar-refractivity contribution in [1.29, 1.82) is 0 Å². The monoisotopic (exact) mass is 700 g/mol. The molecule has 1 aromatic heterocycles. The third kappa shape index (κ3) is 7.52. The molecule has 0 atom stereocenters. The lowest BCUT2D eigenvalue weighted by Gasteiger charge is -2.18. The number of para-hydroxylation sites is 1. The number of nitrogens with one attached hydrogen (secondary N) is 1. The normalized spacial score (nSPS) is 11.3. The summed E-state index contributed by atoms with van der Waals surface area (Å²) in [7, 11) is 1.47. The fourth-order valence-electron chi connectivity index (χ4n) is 5.02. The van der Waals surface area contributed by atoms with E-state index in [9.17, 15) is 14.0 Å². The van der Waals surface area contributed by atoms with Crippen LogP contribution >= 0.6 is 15.9 Å². The second-order valence-electron chi connectivity index (χ2n) is 11.0. The van der Waals surface area contributed by atoms with Crippen LogP contribution < -0.4 is 25.1 Å². The van der Waals surface area contributed by atoms with E-state index in [1.807, 2.05) is 32.0 Å².